The minimum absolute atomic E-state index is 0.118. The van der Waals surface area contributed by atoms with Crippen LogP contribution < -0.4 is 15.1 Å². The van der Waals surface area contributed by atoms with Crippen LogP contribution in [0.2, 0.25) is 0 Å². The molecule has 1 aromatic heterocycles. The SMILES string of the molecule is Cc1cccc(C)c1N1CCN(c2ccc(C(=O)O)cc2NC(=O)c2coc(C3CC3)n2)CC1. The number of nitrogens with zero attached hydrogens (tertiary/aromatic N) is 3. The molecular weight excluding hydrogens is 432 g/mol. The van der Waals surface area contributed by atoms with E-state index in [1.54, 1.807) is 12.1 Å². The normalized spacial score (nSPS) is 15.9. The zero-order chi connectivity index (χ0) is 23.8. The van der Waals surface area contributed by atoms with Gasteiger partial charge in [0.2, 0.25) is 0 Å². The van der Waals surface area contributed by atoms with Gasteiger partial charge < -0.3 is 24.6 Å². The van der Waals surface area contributed by atoms with Gasteiger partial charge in [-0.1, -0.05) is 18.2 Å². The monoisotopic (exact) mass is 460 g/mol. The first-order valence-electron chi connectivity index (χ1n) is 11.6. The average Bonchev–Trinajstić information content (AvgIpc) is 3.55. The number of carbonyl (C=O) groups excluding carboxylic acids is 1. The van der Waals surface area contributed by atoms with Crippen molar-refractivity contribution >= 4 is 28.9 Å². The van der Waals surface area contributed by atoms with E-state index in [9.17, 15) is 14.7 Å². The summed E-state index contributed by atoms with van der Waals surface area (Å²) in [5.41, 5.74) is 5.36. The van der Waals surface area contributed by atoms with Crippen LogP contribution in [0.3, 0.4) is 0 Å². The van der Waals surface area contributed by atoms with Crippen LogP contribution in [0.25, 0.3) is 0 Å². The van der Waals surface area contributed by atoms with E-state index in [1.165, 1.54) is 29.1 Å². The summed E-state index contributed by atoms with van der Waals surface area (Å²) < 4.78 is 5.45. The Morgan fingerprint density at radius 2 is 1.71 bits per heavy atom. The zero-order valence-electron chi connectivity index (χ0n) is 19.4. The number of hydrogen-bond donors (Lipinski definition) is 2. The first-order valence-corrected chi connectivity index (χ1v) is 11.6. The highest BCUT2D eigenvalue weighted by molar-refractivity contribution is 6.05. The number of rotatable bonds is 6. The van der Waals surface area contributed by atoms with Crippen molar-refractivity contribution in [2.75, 3.05) is 41.3 Å². The van der Waals surface area contributed by atoms with E-state index in [0.29, 0.717) is 17.5 Å². The van der Waals surface area contributed by atoms with Gasteiger partial charge in [-0.2, -0.15) is 0 Å². The molecule has 1 amide bonds. The van der Waals surface area contributed by atoms with Crippen molar-refractivity contribution < 1.29 is 19.1 Å². The summed E-state index contributed by atoms with van der Waals surface area (Å²) in [5.74, 6) is -0.555. The number of anilines is 3. The third-order valence-electron chi connectivity index (χ3n) is 6.55. The first-order chi connectivity index (χ1) is 16.4. The summed E-state index contributed by atoms with van der Waals surface area (Å²) in [7, 11) is 0. The van der Waals surface area contributed by atoms with E-state index in [2.05, 4.69) is 52.1 Å². The van der Waals surface area contributed by atoms with E-state index in [-0.39, 0.29) is 11.3 Å². The summed E-state index contributed by atoms with van der Waals surface area (Å²) in [6.45, 7) is 7.41. The van der Waals surface area contributed by atoms with Crippen molar-refractivity contribution in [3.05, 3.63) is 70.9 Å². The van der Waals surface area contributed by atoms with Crippen LogP contribution >= 0.6 is 0 Å². The van der Waals surface area contributed by atoms with Gasteiger partial charge in [-0.3, -0.25) is 4.79 Å². The number of carboxylic acid groups (broad SMARTS) is 1. The van der Waals surface area contributed by atoms with Gasteiger partial charge in [0.25, 0.3) is 5.91 Å². The Kier molecular flexibility index (Phi) is 5.73. The Morgan fingerprint density at radius 3 is 2.35 bits per heavy atom. The van der Waals surface area contributed by atoms with E-state index in [4.69, 9.17) is 4.42 Å². The molecule has 2 fully saturated rings. The third kappa shape index (κ3) is 4.35. The highest BCUT2D eigenvalue weighted by Gasteiger charge is 2.30. The van der Waals surface area contributed by atoms with Gasteiger partial charge >= 0.3 is 5.97 Å². The van der Waals surface area contributed by atoms with Gasteiger partial charge in [-0.25, -0.2) is 9.78 Å². The van der Waals surface area contributed by atoms with Crippen molar-refractivity contribution in [2.24, 2.45) is 0 Å². The molecule has 2 heterocycles. The third-order valence-corrected chi connectivity index (χ3v) is 6.55. The van der Waals surface area contributed by atoms with Crippen LogP contribution in [0.5, 0.6) is 0 Å². The van der Waals surface area contributed by atoms with E-state index < -0.39 is 11.9 Å². The van der Waals surface area contributed by atoms with Gasteiger partial charge in [0.05, 0.1) is 16.9 Å². The summed E-state index contributed by atoms with van der Waals surface area (Å²) in [6.07, 6.45) is 3.42. The van der Waals surface area contributed by atoms with Gasteiger partial charge in [0, 0.05) is 37.8 Å². The van der Waals surface area contributed by atoms with Crippen molar-refractivity contribution in [3.8, 4) is 0 Å². The molecule has 1 saturated heterocycles. The smallest absolute Gasteiger partial charge is 0.335 e. The Labute approximate surface area is 198 Å². The standard InChI is InChI=1S/C26H28N4O4/c1-16-4-3-5-17(2)23(16)30-12-10-29(11-13-30)22-9-8-19(26(32)33)14-20(22)27-24(31)21-15-34-25(28-21)18-6-7-18/h3-5,8-9,14-15,18H,6-7,10-13H2,1-2H3,(H,27,31)(H,32,33). The number of aryl methyl sites for hydroxylation is 2. The molecule has 0 unspecified atom stereocenters. The van der Waals surface area contributed by atoms with E-state index >= 15 is 0 Å². The van der Waals surface area contributed by atoms with Crippen molar-refractivity contribution in [2.45, 2.75) is 32.6 Å². The van der Waals surface area contributed by atoms with Crippen LogP contribution in [-0.4, -0.2) is 48.1 Å². The molecule has 1 aliphatic heterocycles. The number of oxazole rings is 1. The summed E-state index contributed by atoms with van der Waals surface area (Å²) >= 11 is 0. The molecule has 1 saturated carbocycles. The maximum atomic E-state index is 12.9. The lowest BCUT2D eigenvalue weighted by Crippen LogP contribution is -2.47. The Hall–Kier alpha value is -3.81. The molecule has 8 nitrogen and oxygen atoms in total. The van der Waals surface area contributed by atoms with Crippen LogP contribution in [0, 0.1) is 13.8 Å². The molecule has 0 atom stereocenters. The fourth-order valence-corrected chi connectivity index (χ4v) is 4.62. The number of hydrogen-bond acceptors (Lipinski definition) is 6. The maximum Gasteiger partial charge on any atom is 0.335 e. The van der Waals surface area contributed by atoms with Crippen LogP contribution in [0.15, 0.2) is 47.1 Å². The second kappa shape index (κ2) is 8.85. The molecule has 5 rings (SSSR count). The van der Waals surface area contributed by atoms with E-state index in [0.717, 1.165) is 44.7 Å². The molecule has 8 heteroatoms. The van der Waals surface area contributed by atoms with Crippen LogP contribution in [0.1, 0.15) is 56.6 Å². The maximum absolute atomic E-state index is 12.9. The molecule has 0 bridgehead atoms. The predicted molar refractivity (Wildman–Crippen MR) is 130 cm³/mol. The zero-order valence-corrected chi connectivity index (χ0v) is 19.4. The molecule has 34 heavy (non-hydrogen) atoms. The highest BCUT2D eigenvalue weighted by atomic mass is 16.4. The van der Waals surface area contributed by atoms with Gasteiger partial charge in [-0.15, -0.1) is 0 Å². The highest BCUT2D eigenvalue weighted by Crippen LogP contribution is 2.39. The van der Waals surface area contributed by atoms with Crippen molar-refractivity contribution in [1.82, 2.24) is 4.98 Å². The molecule has 0 radical (unpaired) electrons. The van der Waals surface area contributed by atoms with Crippen LogP contribution in [0.4, 0.5) is 17.1 Å². The van der Waals surface area contributed by atoms with Crippen molar-refractivity contribution in [3.63, 3.8) is 0 Å². The molecule has 176 valence electrons. The number of piperazine rings is 1. The molecular formula is C26H28N4O4. The number of para-hydroxylation sites is 1. The largest absolute Gasteiger partial charge is 0.478 e. The fourth-order valence-electron chi connectivity index (χ4n) is 4.62. The fraction of sp³-hybridized carbons (Fsp3) is 0.346. The number of carboxylic acids is 1. The first kappa shape index (κ1) is 22.0. The average molecular weight is 461 g/mol. The van der Waals surface area contributed by atoms with Crippen LogP contribution in [-0.2, 0) is 0 Å². The number of aromatic carboxylic acids is 1. The number of amides is 1. The van der Waals surface area contributed by atoms with Crippen molar-refractivity contribution in [1.29, 1.82) is 0 Å². The van der Waals surface area contributed by atoms with Gasteiger partial charge in [0.15, 0.2) is 11.6 Å². The quantitative estimate of drug-likeness (QED) is 0.561. The number of carbonyl (C=O) groups is 2. The summed E-state index contributed by atoms with van der Waals surface area (Å²) in [5, 5.41) is 12.4. The topological polar surface area (TPSA) is 98.9 Å². The molecule has 0 spiro atoms. The minimum atomic E-state index is -1.04. The van der Waals surface area contributed by atoms with Gasteiger partial charge in [0.1, 0.15) is 6.26 Å². The Morgan fingerprint density at radius 1 is 1.03 bits per heavy atom. The lowest BCUT2D eigenvalue weighted by molar-refractivity contribution is 0.0696. The number of nitrogens with one attached hydrogen (secondary N) is 1. The minimum Gasteiger partial charge on any atom is -0.478 e. The summed E-state index contributed by atoms with van der Waals surface area (Å²) in [6, 6.07) is 11.2. The number of benzene rings is 2. The molecule has 2 aromatic carbocycles. The Bertz CT molecular complexity index is 1220. The lowest BCUT2D eigenvalue weighted by atomic mass is 10.1. The number of aromatic nitrogens is 1. The lowest BCUT2D eigenvalue weighted by Gasteiger charge is -2.39. The molecule has 2 N–H and O–H groups in total. The second-order valence-corrected chi connectivity index (χ2v) is 9.05. The predicted octanol–water partition coefficient (Wildman–Crippen LogP) is 4.45. The molecule has 2 aliphatic rings. The van der Waals surface area contributed by atoms with E-state index in [1.807, 2.05) is 0 Å². The van der Waals surface area contributed by atoms with Gasteiger partial charge in [-0.05, 0) is 56.0 Å². The summed E-state index contributed by atoms with van der Waals surface area (Å²) in [4.78, 5) is 33.4. The Balaban J connectivity index is 1.36. The second-order valence-electron chi connectivity index (χ2n) is 9.05. The molecule has 1 aliphatic carbocycles. The molecule has 3 aromatic rings.